The molecule has 0 saturated carbocycles. The Morgan fingerprint density at radius 3 is 1.83 bits per heavy atom. The lowest BCUT2D eigenvalue weighted by Gasteiger charge is -2.24. The third-order valence-electron chi connectivity index (χ3n) is 8.55. The highest BCUT2D eigenvalue weighted by molar-refractivity contribution is 7.47. The van der Waals surface area contributed by atoms with Crippen LogP contribution in [0.5, 0.6) is 0 Å². The van der Waals surface area contributed by atoms with Crippen molar-refractivity contribution in [1.29, 1.82) is 0 Å². The number of phosphoric acid groups is 1. The standard InChI is InChI=1S/C42H76NO10P/c1-6-8-10-12-14-15-16-17-18-20-26-32-41(46)50-36-40(37-52-54(48,49)51-35-34-43(3,4)5)53-42(47)33-27-31-39(45)30-25-22-21-24-29-38(44)28-23-19-13-11-9-7-2/h19,21-25,29-30,38-40,44-45H,6-18,20,26-28,31-37H2,1-5H3/p+1/b22-21+,23-19-,29-24+,30-25-/t38-,39-,40+/m0/s1. The summed E-state index contributed by atoms with van der Waals surface area (Å²) in [4.78, 5) is 35.2. The fourth-order valence-electron chi connectivity index (χ4n) is 5.21. The fraction of sp³-hybridized carbons (Fsp3) is 0.762. The van der Waals surface area contributed by atoms with Gasteiger partial charge in [0.15, 0.2) is 6.10 Å². The first-order valence-electron chi connectivity index (χ1n) is 20.6. The third kappa shape index (κ3) is 36.8. The Morgan fingerprint density at radius 2 is 1.22 bits per heavy atom. The maximum absolute atomic E-state index is 12.7. The number of likely N-dealkylation sites (N-methyl/N-ethyl adjacent to an activating group) is 1. The number of aliphatic hydroxyl groups excluding tert-OH is 2. The third-order valence-corrected chi connectivity index (χ3v) is 9.54. The predicted octanol–water partition coefficient (Wildman–Crippen LogP) is 9.07. The first-order valence-corrected chi connectivity index (χ1v) is 22.1. The maximum atomic E-state index is 12.7. The highest BCUT2D eigenvalue weighted by Gasteiger charge is 2.27. The highest BCUT2D eigenvalue weighted by atomic mass is 31.2. The molecule has 0 saturated heterocycles. The smallest absolute Gasteiger partial charge is 0.462 e. The van der Waals surface area contributed by atoms with Crippen molar-refractivity contribution < 1.29 is 52.3 Å². The van der Waals surface area contributed by atoms with E-state index in [1.807, 2.05) is 27.2 Å². The number of hydrogen-bond acceptors (Lipinski definition) is 9. The van der Waals surface area contributed by atoms with Crippen LogP contribution in [0, 0.1) is 0 Å². The number of rotatable bonds is 36. The average Bonchev–Trinajstić information content (AvgIpc) is 3.10. The zero-order chi connectivity index (χ0) is 40.3. The number of aliphatic hydroxyl groups is 2. The molecule has 0 aromatic carbocycles. The lowest BCUT2D eigenvalue weighted by Crippen LogP contribution is -2.37. The van der Waals surface area contributed by atoms with E-state index in [-0.39, 0.29) is 26.1 Å². The second kappa shape index (κ2) is 34.2. The number of allylic oxidation sites excluding steroid dienone is 5. The fourth-order valence-corrected chi connectivity index (χ4v) is 5.95. The summed E-state index contributed by atoms with van der Waals surface area (Å²) in [5, 5.41) is 20.3. The number of carbonyl (C=O) groups excluding carboxylic acids is 2. The molecule has 0 aliphatic rings. The first kappa shape index (κ1) is 51.9. The van der Waals surface area contributed by atoms with Gasteiger partial charge in [0.05, 0.1) is 40.0 Å². The van der Waals surface area contributed by atoms with Gasteiger partial charge in [-0.1, -0.05) is 140 Å². The molecule has 0 heterocycles. The number of quaternary nitrogens is 1. The molecule has 0 amide bonds. The van der Waals surface area contributed by atoms with Gasteiger partial charge in [-0.3, -0.25) is 18.6 Å². The van der Waals surface area contributed by atoms with Gasteiger partial charge in [-0.2, -0.15) is 0 Å². The molecule has 0 radical (unpaired) electrons. The Bertz CT molecular complexity index is 1100. The van der Waals surface area contributed by atoms with Crippen molar-refractivity contribution in [3.05, 3.63) is 48.6 Å². The van der Waals surface area contributed by atoms with Crippen molar-refractivity contribution in [3.63, 3.8) is 0 Å². The average molecular weight is 787 g/mol. The summed E-state index contributed by atoms with van der Waals surface area (Å²) in [7, 11) is 1.32. The highest BCUT2D eigenvalue weighted by Crippen LogP contribution is 2.43. The van der Waals surface area contributed by atoms with Crippen molar-refractivity contribution in [2.45, 2.75) is 161 Å². The lowest BCUT2D eigenvalue weighted by molar-refractivity contribution is -0.870. The van der Waals surface area contributed by atoms with Gasteiger partial charge in [-0.25, -0.2) is 4.57 Å². The monoisotopic (exact) mass is 787 g/mol. The van der Waals surface area contributed by atoms with Crippen molar-refractivity contribution in [3.8, 4) is 0 Å². The number of nitrogens with zero attached hydrogens (tertiary/aromatic N) is 1. The van der Waals surface area contributed by atoms with Crippen molar-refractivity contribution >= 4 is 19.8 Å². The second-order valence-corrected chi connectivity index (χ2v) is 16.5. The van der Waals surface area contributed by atoms with Crippen molar-refractivity contribution in [2.75, 3.05) is 47.5 Å². The van der Waals surface area contributed by atoms with Crippen LogP contribution in [0.25, 0.3) is 0 Å². The van der Waals surface area contributed by atoms with E-state index in [1.54, 1.807) is 36.5 Å². The van der Waals surface area contributed by atoms with E-state index in [0.29, 0.717) is 36.7 Å². The summed E-state index contributed by atoms with van der Waals surface area (Å²) in [5.41, 5.74) is 0. The summed E-state index contributed by atoms with van der Waals surface area (Å²) in [5.74, 6) is -1.04. The van der Waals surface area contributed by atoms with Gasteiger partial charge in [-0.15, -0.1) is 0 Å². The Balaban J connectivity index is 4.69. The van der Waals surface area contributed by atoms with Crippen LogP contribution in [0.3, 0.4) is 0 Å². The minimum atomic E-state index is -4.44. The molecule has 54 heavy (non-hydrogen) atoms. The number of esters is 2. The molecule has 0 aromatic heterocycles. The summed E-state index contributed by atoms with van der Waals surface area (Å²) in [6.07, 6.45) is 30.8. The van der Waals surface area contributed by atoms with Crippen LogP contribution in [-0.2, 0) is 32.7 Å². The number of hydrogen-bond donors (Lipinski definition) is 3. The molecule has 0 fully saturated rings. The summed E-state index contributed by atoms with van der Waals surface area (Å²) < 4.78 is 34.0. The van der Waals surface area contributed by atoms with Crippen LogP contribution in [0.15, 0.2) is 48.6 Å². The zero-order valence-corrected chi connectivity index (χ0v) is 35.3. The molecule has 4 atom stereocenters. The lowest BCUT2D eigenvalue weighted by atomic mass is 10.1. The molecule has 11 nitrogen and oxygen atoms in total. The van der Waals surface area contributed by atoms with Gasteiger partial charge < -0.3 is 29.1 Å². The van der Waals surface area contributed by atoms with Crippen molar-refractivity contribution in [1.82, 2.24) is 0 Å². The minimum absolute atomic E-state index is 0.0147. The molecule has 1 unspecified atom stereocenters. The number of unbranched alkanes of at least 4 members (excludes halogenated alkanes) is 13. The zero-order valence-electron chi connectivity index (χ0n) is 34.4. The SMILES string of the molecule is CCCCC/C=C\C[C@H](O)/C=C/C=C/C=C\[C@H](O)CCCC(=O)O[C@H](COC(=O)CCCCCCCCCCCCC)COP(=O)(O)OCC[N+](C)(C)C. The number of phosphoric ester groups is 1. The van der Waals surface area contributed by atoms with Gasteiger partial charge in [0.25, 0.3) is 0 Å². The molecule has 0 aliphatic carbocycles. The molecule has 0 spiro atoms. The Labute approximate surface area is 328 Å². The molecule has 0 bridgehead atoms. The van der Waals surface area contributed by atoms with Gasteiger partial charge in [0.1, 0.15) is 19.8 Å². The quantitative estimate of drug-likeness (QED) is 0.0140. The van der Waals surface area contributed by atoms with Gasteiger partial charge in [0, 0.05) is 12.8 Å². The van der Waals surface area contributed by atoms with Crippen LogP contribution in [0.2, 0.25) is 0 Å². The number of ether oxygens (including phenoxy) is 2. The number of carbonyl (C=O) groups is 2. The van der Waals surface area contributed by atoms with Crippen LogP contribution < -0.4 is 0 Å². The first-order chi connectivity index (χ1) is 25.8. The largest absolute Gasteiger partial charge is 0.472 e. The molecular weight excluding hydrogens is 709 g/mol. The molecule has 3 N–H and O–H groups in total. The van der Waals surface area contributed by atoms with Gasteiger partial charge >= 0.3 is 19.8 Å². The second-order valence-electron chi connectivity index (χ2n) is 15.1. The van der Waals surface area contributed by atoms with Crippen LogP contribution >= 0.6 is 7.82 Å². The molecule has 0 aliphatic heterocycles. The Hall–Kier alpha value is -2.11. The Kier molecular flexibility index (Phi) is 32.8. The molecular formula is C42H77NO10P+. The van der Waals surface area contributed by atoms with E-state index in [1.165, 1.54) is 64.2 Å². The van der Waals surface area contributed by atoms with Gasteiger partial charge in [-0.05, 0) is 38.5 Å². The van der Waals surface area contributed by atoms with E-state index < -0.39 is 44.7 Å². The molecule has 0 rings (SSSR count). The molecule has 12 heteroatoms. The van der Waals surface area contributed by atoms with Crippen molar-refractivity contribution in [2.24, 2.45) is 0 Å². The normalized spacial score (nSPS) is 15.3. The van der Waals surface area contributed by atoms with Gasteiger partial charge in [0.2, 0.25) is 0 Å². The van der Waals surface area contributed by atoms with Crippen LogP contribution in [0.4, 0.5) is 0 Å². The molecule has 0 aromatic rings. The topological polar surface area (TPSA) is 149 Å². The van der Waals surface area contributed by atoms with Crippen LogP contribution in [0.1, 0.15) is 142 Å². The van der Waals surface area contributed by atoms with E-state index in [4.69, 9.17) is 18.5 Å². The van der Waals surface area contributed by atoms with E-state index in [9.17, 15) is 29.3 Å². The summed E-state index contributed by atoms with van der Waals surface area (Å²) in [6, 6.07) is 0. The minimum Gasteiger partial charge on any atom is -0.462 e. The Morgan fingerprint density at radius 1 is 0.667 bits per heavy atom. The summed E-state index contributed by atoms with van der Waals surface area (Å²) in [6.45, 7) is 4.04. The predicted molar refractivity (Wildman–Crippen MR) is 218 cm³/mol. The van der Waals surface area contributed by atoms with Crippen LogP contribution in [-0.4, -0.2) is 97.3 Å². The van der Waals surface area contributed by atoms with E-state index in [0.717, 1.165) is 25.7 Å². The molecule has 314 valence electrons. The summed E-state index contributed by atoms with van der Waals surface area (Å²) >= 11 is 0. The van der Waals surface area contributed by atoms with E-state index in [2.05, 4.69) is 19.9 Å². The van der Waals surface area contributed by atoms with E-state index >= 15 is 0 Å². The maximum Gasteiger partial charge on any atom is 0.472 e.